The Morgan fingerprint density at radius 1 is 1.27 bits per heavy atom. The first kappa shape index (κ1) is 22.8. The van der Waals surface area contributed by atoms with Crippen LogP contribution in [0.4, 0.5) is 24.8 Å². The van der Waals surface area contributed by atoms with E-state index in [1.54, 1.807) is 20.0 Å². The van der Waals surface area contributed by atoms with Gasteiger partial charge in [0.2, 0.25) is 5.91 Å². The van der Waals surface area contributed by atoms with Gasteiger partial charge in [-0.05, 0) is 33.3 Å². The molecule has 33 heavy (non-hydrogen) atoms. The van der Waals surface area contributed by atoms with Gasteiger partial charge in [0.05, 0.1) is 28.7 Å². The Kier molecular flexibility index (Phi) is 5.85. The molecule has 1 saturated heterocycles. The minimum atomic E-state index is -2.90. The van der Waals surface area contributed by atoms with Crippen molar-refractivity contribution in [3.63, 3.8) is 0 Å². The summed E-state index contributed by atoms with van der Waals surface area (Å²) in [4.78, 5) is 27.2. The van der Waals surface area contributed by atoms with Crippen LogP contribution in [0.1, 0.15) is 49.7 Å². The first-order valence-electron chi connectivity index (χ1n) is 10.6. The molecule has 1 aromatic carbocycles. The van der Waals surface area contributed by atoms with Crippen molar-refractivity contribution in [1.82, 2.24) is 15.0 Å². The Bertz CT molecular complexity index is 1220. The molecule has 1 amide bonds. The van der Waals surface area contributed by atoms with Crippen LogP contribution in [0.3, 0.4) is 0 Å². The summed E-state index contributed by atoms with van der Waals surface area (Å²) in [5.41, 5.74) is 4.99. The van der Waals surface area contributed by atoms with E-state index in [-0.39, 0.29) is 11.5 Å². The molecule has 2 atom stereocenters. The van der Waals surface area contributed by atoms with Crippen molar-refractivity contribution in [2.75, 3.05) is 23.3 Å². The van der Waals surface area contributed by atoms with Gasteiger partial charge in [-0.15, -0.1) is 0 Å². The molecule has 4 rings (SSSR count). The lowest BCUT2D eigenvalue weighted by Gasteiger charge is -2.22. The molecule has 2 aromatic heterocycles. The molecule has 3 N–H and O–H groups in total. The number of anilines is 2. The Morgan fingerprint density at radius 3 is 2.67 bits per heavy atom. The van der Waals surface area contributed by atoms with Crippen molar-refractivity contribution in [2.24, 2.45) is 11.1 Å². The number of aryl methyl sites for hydroxylation is 1. The van der Waals surface area contributed by atoms with E-state index in [0.29, 0.717) is 47.9 Å². The molecule has 10 heteroatoms. The van der Waals surface area contributed by atoms with E-state index in [9.17, 15) is 18.0 Å². The third kappa shape index (κ3) is 4.29. The number of halogens is 3. The molecular formula is C23H25F3N6O. The fourth-order valence-corrected chi connectivity index (χ4v) is 4.13. The van der Waals surface area contributed by atoms with E-state index < -0.39 is 29.3 Å². The Labute approximate surface area is 189 Å². The maximum Gasteiger partial charge on any atom is 0.266 e. The molecule has 3 aromatic rings. The number of hydrogen-bond acceptors (Lipinski definition) is 6. The number of nitrogens with one attached hydrogen (secondary N) is 1. The highest BCUT2D eigenvalue weighted by molar-refractivity contribution is 5.91. The number of nitrogens with zero attached hydrogens (tertiary/aromatic N) is 4. The average Bonchev–Trinajstić information content (AvgIpc) is 3.17. The summed E-state index contributed by atoms with van der Waals surface area (Å²) in [6.07, 6.45) is -0.666. The van der Waals surface area contributed by atoms with Crippen molar-refractivity contribution in [2.45, 2.75) is 39.7 Å². The van der Waals surface area contributed by atoms with Gasteiger partial charge in [-0.25, -0.2) is 28.1 Å². The number of nitrogens with two attached hydrogens (primary N) is 1. The minimum absolute atomic E-state index is 0.114. The number of amides is 1. The normalized spacial score (nSPS) is 19.3. The second-order valence-electron chi connectivity index (χ2n) is 8.69. The fraction of sp³-hybridized carbons (Fsp3) is 0.391. The maximum absolute atomic E-state index is 14.7. The molecule has 0 spiro atoms. The van der Waals surface area contributed by atoms with Crippen LogP contribution in [0.5, 0.6) is 0 Å². The van der Waals surface area contributed by atoms with Crippen LogP contribution in [0.25, 0.3) is 10.9 Å². The predicted octanol–water partition coefficient (Wildman–Crippen LogP) is 4.28. The number of rotatable bonds is 6. The van der Waals surface area contributed by atoms with E-state index in [2.05, 4.69) is 20.3 Å². The lowest BCUT2D eigenvalue weighted by Crippen LogP contribution is -2.37. The maximum atomic E-state index is 14.7. The molecule has 1 unspecified atom stereocenters. The number of aromatic nitrogens is 3. The second-order valence-corrected chi connectivity index (χ2v) is 8.69. The van der Waals surface area contributed by atoms with Crippen molar-refractivity contribution < 1.29 is 18.0 Å². The SMILES string of the molecule is Cc1nc(N[C@H](C)c2cccc(C(F)F)c2F)c2cc(N3CCC(C)(C(N)=O)C3)ncc2n1. The van der Waals surface area contributed by atoms with Gasteiger partial charge in [0.25, 0.3) is 6.43 Å². The van der Waals surface area contributed by atoms with Crippen LogP contribution in [-0.2, 0) is 4.79 Å². The monoisotopic (exact) mass is 458 g/mol. The van der Waals surface area contributed by atoms with Gasteiger partial charge in [0.1, 0.15) is 23.3 Å². The zero-order valence-electron chi connectivity index (χ0n) is 18.6. The molecule has 1 aliphatic rings. The first-order valence-corrected chi connectivity index (χ1v) is 10.6. The van der Waals surface area contributed by atoms with Crippen LogP contribution in [0, 0.1) is 18.2 Å². The minimum Gasteiger partial charge on any atom is -0.369 e. The number of carbonyl (C=O) groups excluding carboxylic acids is 1. The highest BCUT2D eigenvalue weighted by atomic mass is 19.3. The van der Waals surface area contributed by atoms with Gasteiger partial charge < -0.3 is 16.0 Å². The van der Waals surface area contributed by atoms with Crippen molar-refractivity contribution >= 4 is 28.4 Å². The van der Waals surface area contributed by atoms with Gasteiger partial charge in [0, 0.05) is 24.0 Å². The van der Waals surface area contributed by atoms with Gasteiger partial charge in [0.15, 0.2) is 0 Å². The quantitative estimate of drug-likeness (QED) is 0.572. The number of pyridine rings is 1. The van der Waals surface area contributed by atoms with Crippen molar-refractivity contribution in [3.05, 3.63) is 53.2 Å². The fourth-order valence-electron chi connectivity index (χ4n) is 4.13. The number of hydrogen-bond donors (Lipinski definition) is 2. The van der Waals surface area contributed by atoms with Gasteiger partial charge >= 0.3 is 0 Å². The molecule has 3 heterocycles. The Balaban J connectivity index is 1.69. The smallest absolute Gasteiger partial charge is 0.266 e. The van der Waals surface area contributed by atoms with Crippen LogP contribution in [0.2, 0.25) is 0 Å². The summed E-state index contributed by atoms with van der Waals surface area (Å²) < 4.78 is 40.9. The molecule has 1 fully saturated rings. The van der Waals surface area contributed by atoms with E-state index in [1.165, 1.54) is 12.1 Å². The van der Waals surface area contributed by atoms with E-state index in [0.717, 1.165) is 6.07 Å². The van der Waals surface area contributed by atoms with Crippen LogP contribution >= 0.6 is 0 Å². The molecule has 0 saturated carbocycles. The third-order valence-corrected chi connectivity index (χ3v) is 6.18. The Hall–Kier alpha value is -3.43. The van der Waals surface area contributed by atoms with Gasteiger partial charge in [-0.1, -0.05) is 18.2 Å². The highest BCUT2D eigenvalue weighted by Crippen LogP contribution is 2.35. The number of benzene rings is 1. The molecule has 0 bridgehead atoms. The highest BCUT2D eigenvalue weighted by Gasteiger charge is 2.39. The van der Waals surface area contributed by atoms with E-state index in [1.807, 2.05) is 17.9 Å². The topological polar surface area (TPSA) is 97.0 Å². The first-order chi connectivity index (χ1) is 15.6. The second kappa shape index (κ2) is 8.49. The predicted molar refractivity (Wildman–Crippen MR) is 120 cm³/mol. The zero-order valence-corrected chi connectivity index (χ0v) is 18.6. The molecule has 7 nitrogen and oxygen atoms in total. The molecule has 1 aliphatic heterocycles. The van der Waals surface area contributed by atoms with Gasteiger partial charge in [-0.2, -0.15) is 0 Å². The summed E-state index contributed by atoms with van der Waals surface area (Å²) in [6, 6.07) is 5.13. The summed E-state index contributed by atoms with van der Waals surface area (Å²) >= 11 is 0. The number of fused-ring (bicyclic) bond motifs is 1. The molecule has 0 aliphatic carbocycles. The zero-order chi connectivity index (χ0) is 23.9. The van der Waals surface area contributed by atoms with Gasteiger partial charge in [-0.3, -0.25) is 4.79 Å². The molecular weight excluding hydrogens is 433 g/mol. The van der Waals surface area contributed by atoms with Crippen molar-refractivity contribution in [3.8, 4) is 0 Å². The van der Waals surface area contributed by atoms with Crippen LogP contribution < -0.4 is 16.0 Å². The summed E-state index contributed by atoms with van der Waals surface area (Å²) in [6.45, 7) is 6.30. The number of primary amides is 1. The summed E-state index contributed by atoms with van der Waals surface area (Å²) in [5, 5.41) is 3.79. The lowest BCUT2D eigenvalue weighted by molar-refractivity contribution is -0.125. The standard InChI is InChI=1S/C23H25F3N6O/c1-12(14-5-4-6-15(19(14)24)20(25)26)29-21-16-9-18(28-10-17(16)30-13(2)31-21)32-8-7-23(3,11-32)22(27)33/h4-6,9-10,12,20H,7-8,11H2,1-3H3,(H2,27,33)(H,29,30,31)/t12-,23?/m1/s1. The number of alkyl halides is 2. The lowest BCUT2D eigenvalue weighted by atomic mass is 9.89. The van der Waals surface area contributed by atoms with Crippen LogP contribution in [-0.4, -0.2) is 33.9 Å². The average molecular weight is 458 g/mol. The number of carbonyl (C=O) groups is 1. The van der Waals surface area contributed by atoms with E-state index >= 15 is 0 Å². The molecule has 174 valence electrons. The summed E-state index contributed by atoms with van der Waals surface area (Å²) in [7, 11) is 0. The third-order valence-electron chi connectivity index (χ3n) is 6.18. The summed E-state index contributed by atoms with van der Waals surface area (Å²) in [5.74, 6) is 0.270. The van der Waals surface area contributed by atoms with E-state index in [4.69, 9.17) is 5.73 Å². The van der Waals surface area contributed by atoms with Crippen molar-refractivity contribution in [1.29, 1.82) is 0 Å². The molecule has 0 radical (unpaired) electrons. The van der Waals surface area contributed by atoms with Crippen LogP contribution in [0.15, 0.2) is 30.5 Å². The largest absolute Gasteiger partial charge is 0.369 e. The Morgan fingerprint density at radius 2 is 2.00 bits per heavy atom.